The van der Waals surface area contributed by atoms with Crippen molar-refractivity contribution in [3.63, 3.8) is 0 Å². The summed E-state index contributed by atoms with van der Waals surface area (Å²) in [6, 6.07) is 4.45. The van der Waals surface area contributed by atoms with Gasteiger partial charge >= 0.3 is 5.97 Å². The Hall–Kier alpha value is -1.08. The van der Waals surface area contributed by atoms with Crippen LogP contribution in [-0.4, -0.2) is 35.7 Å². The standard InChI is InChI=1S/C16H36P.C8H8O3/c1-5-9-13-17(14-10-6-2,15-11-7-3)16-12-8-4;1-5-3-2-4-6(7(5)9)8(10)11/h5-16H2,1-4H3;2-4,9H,1H3,(H,10,11)/q+1;/p-1. The summed E-state index contributed by atoms with van der Waals surface area (Å²) in [4.78, 5) is 10.4. The van der Waals surface area contributed by atoms with Crippen molar-refractivity contribution in [1.82, 2.24) is 0 Å². The second-order valence-electron chi connectivity index (χ2n) is 7.91. The first-order chi connectivity index (χ1) is 13.4. The van der Waals surface area contributed by atoms with Gasteiger partial charge in [0.15, 0.2) is 0 Å². The normalized spacial score (nSPS) is 11.0. The minimum absolute atomic E-state index is 0.162. The van der Waals surface area contributed by atoms with Crippen molar-refractivity contribution in [1.29, 1.82) is 0 Å². The lowest BCUT2D eigenvalue weighted by molar-refractivity contribution is -0.269. The Kier molecular flexibility index (Phi) is 15.2. The molecule has 0 bridgehead atoms. The second kappa shape index (κ2) is 15.8. The lowest BCUT2D eigenvalue weighted by atomic mass is 10.1. The summed E-state index contributed by atoms with van der Waals surface area (Å²) in [6.45, 7) is 11.0. The van der Waals surface area contributed by atoms with Crippen molar-refractivity contribution in [2.24, 2.45) is 0 Å². The highest BCUT2D eigenvalue weighted by molar-refractivity contribution is 7.75. The van der Waals surface area contributed by atoms with Gasteiger partial charge in [-0.05, 0) is 38.7 Å². The number of carboxylic acid groups (broad SMARTS) is 1. The Morgan fingerprint density at radius 1 is 0.857 bits per heavy atom. The van der Waals surface area contributed by atoms with E-state index in [9.17, 15) is 9.90 Å². The quantitative estimate of drug-likeness (QED) is 0.357. The van der Waals surface area contributed by atoms with Crippen LogP contribution in [-0.2, 0) is 0 Å². The van der Waals surface area contributed by atoms with Crippen molar-refractivity contribution >= 4 is 13.2 Å². The average molecular weight is 411 g/mol. The Balaban J connectivity index is 0.000000567. The maximum absolute atomic E-state index is 11.0. The van der Waals surface area contributed by atoms with E-state index in [1.54, 1.807) is 43.7 Å². The van der Waals surface area contributed by atoms with E-state index >= 15 is 0 Å². The molecule has 4 heteroatoms. The molecule has 28 heavy (non-hydrogen) atoms. The summed E-state index contributed by atoms with van der Waals surface area (Å²) in [5.74, 6) is -1.57. The van der Waals surface area contributed by atoms with Crippen LogP contribution in [0, 0.1) is 6.92 Å². The summed E-state index contributed by atoms with van der Waals surface area (Å²) in [7, 11) is -0.562. The molecule has 162 valence electrons. The van der Waals surface area contributed by atoms with Crippen LogP contribution in [0.5, 0.6) is 5.75 Å². The molecule has 0 aliphatic heterocycles. The Bertz CT molecular complexity index is 505. The van der Waals surface area contributed by atoms with Crippen LogP contribution in [0.1, 0.15) is 95.0 Å². The van der Waals surface area contributed by atoms with Crippen LogP contribution in [0.2, 0.25) is 0 Å². The highest BCUT2D eigenvalue weighted by Crippen LogP contribution is 2.61. The smallest absolute Gasteiger partial charge is 0.335 e. The summed E-state index contributed by atoms with van der Waals surface area (Å²) >= 11 is 0. The van der Waals surface area contributed by atoms with Gasteiger partial charge in [0.2, 0.25) is 0 Å². The van der Waals surface area contributed by atoms with Crippen molar-refractivity contribution in [2.45, 2.75) is 86.0 Å². The van der Waals surface area contributed by atoms with E-state index < -0.39 is 19.0 Å². The topological polar surface area (TPSA) is 60.4 Å². The lowest BCUT2D eigenvalue weighted by Gasteiger charge is -2.28. The molecular weight excluding hydrogens is 367 g/mol. The number of aryl methyl sites for hydroxylation is 1. The van der Waals surface area contributed by atoms with Gasteiger partial charge in [0.25, 0.3) is 0 Å². The van der Waals surface area contributed by atoms with Crippen LogP contribution in [0.4, 0.5) is 0 Å². The molecule has 0 unspecified atom stereocenters. The largest absolute Gasteiger partial charge is 0.872 e. The van der Waals surface area contributed by atoms with Gasteiger partial charge in [-0.25, -0.2) is 4.79 Å². The SMILES string of the molecule is CCCC[P+](CCCC)(CCCC)CCCC.Cc1cccc(C(=O)O)c1[O-]. The Morgan fingerprint density at radius 3 is 1.54 bits per heavy atom. The van der Waals surface area contributed by atoms with Gasteiger partial charge in [-0.3, -0.25) is 0 Å². The zero-order chi connectivity index (χ0) is 21.4. The number of carboxylic acids is 1. The molecule has 0 spiro atoms. The maximum Gasteiger partial charge on any atom is 0.335 e. The van der Waals surface area contributed by atoms with Crippen molar-refractivity contribution in [3.05, 3.63) is 29.3 Å². The molecule has 0 heterocycles. The molecule has 1 rings (SSSR count). The number of carbonyl (C=O) groups is 1. The number of hydrogen-bond donors (Lipinski definition) is 1. The molecule has 0 radical (unpaired) electrons. The van der Waals surface area contributed by atoms with Gasteiger partial charge in [0.05, 0.1) is 30.2 Å². The van der Waals surface area contributed by atoms with Crippen LogP contribution < -0.4 is 5.11 Å². The van der Waals surface area contributed by atoms with E-state index in [1.165, 1.54) is 57.4 Å². The average Bonchev–Trinajstić information content (AvgIpc) is 2.69. The van der Waals surface area contributed by atoms with E-state index in [4.69, 9.17) is 5.11 Å². The molecule has 0 atom stereocenters. The minimum atomic E-state index is -1.17. The molecular formula is C24H43O3P. The molecule has 1 N–H and O–H groups in total. The highest BCUT2D eigenvalue weighted by atomic mass is 31.2. The Labute approximate surface area is 174 Å². The molecule has 0 fully saturated rings. The summed E-state index contributed by atoms with van der Waals surface area (Å²) in [6.07, 6.45) is 17.9. The zero-order valence-corrected chi connectivity index (χ0v) is 19.8. The number of benzene rings is 1. The van der Waals surface area contributed by atoms with Gasteiger partial charge in [-0.2, -0.15) is 0 Å². The molecule has 0 amide bonds. The third-order valence-corrected chi connectivity index (χ3v) is 10.4. The predicted molar refractivity (Wildman–Crippen MR) is 124 cm³/mol. The van der Waals surface area contributed by atoms with Crippen LogP contribution in [0.3, 0.4) is 0 Å². The fourth-order valence-electron chi connectivity index (χ4n) is 3.47. The molecule has 0 saturated carbocycles. The van der Waals surface area contributed by atoms with Gasteiger partial charge < -0.3 is 10.2 Å². The fourth-order valence-corrected chi connectivity index (χ4v) is 8.76. The molecule has 3 nitrogen and oxygen atoms in total. The first kappa shape index (κ1) is 26.9. The van der Waals surface area contributed by atoms with E-state index in [-0.39, 0.29) is 5.56 Å². The number of rotatable bonds is 13. The maximum atomic E-state index is 11.0. The fraction of sp³-hybridized carbons (Fsp3) is 0.708. The monoisotopic (exact) mass is 410 g/mol. The number of para-hydroxylation sites is 1. The predicted octanol–water partition coefficient (Wildman–Crippen LogP) is 6.97. The minimum Gasteiger partial charge on any atom is -0.872 e. The molecule has 1 aromatic rings. The van der Waals surface area contributed by atoms with E-state index in [0.29, 0.717) is 5.56 Å². The number of unbranched alkanes of at least 4 members (excludes halogenated alkanes) is 4. The van der Waals surface area contributed by atoms with E-state index in [2.05, 4.69) is 27.7 Å². The van der Waals surface area contributed by atoms with E-state index in [1.807, 2.05) is 0 Å². The highest BCUT2D eigenvalue weighted by Gasteiger charge is 2.34. The first-order valence-corrected chi connectivity index (χ1v) is 13.7. The van der Waals surface area contributed by atoms with Crippen molar-refractivity contribution in [3.8, 4) is 5.75 Å². The lowest BCUT2D eigenvalue weighted by Crippen LogP contribution is -2.12. The first-order valence-electron chi connectivity index (χ1n) is 11.2. The molecule has 0 aliphatic rings. The number of aromatic carboxylic acids is 1. The molecule has 0 aliphatic carbocycles. The third kappa shape index (κ3) is 10.5. The van der Waals surface area contributed by atoms with Crippen molar-refractivity contribution in [2.75, 3.05) is 24.6 Å². The Morgan fingerprint density at radius 2 is 1.25 bits per heavy atom. The zero-order valence-electron chi connectivity index (χ0n) is 18.9. The summed E-state index contributed by atoms with van der Waals surface area (Å²) < 4.78 is 0. The van der Waals surface area contributed by atoms with Gasteiger partial charge in [0, 0.05) is 7.26 Å². The van der Waals surface area contributed by atoms with Gasteiger partial charge in [0.1, 0.15) is 0 Å². The van der Waals surface area contributed by atoms with Crippen LogP contribution >= 0.6 is 7.26 Å². The molecule has 0 saturated heterocycles. The summed E-state index contributed by atoms with van der Waals surface area (Å²) in [5.41, 5.74) is 0.301. The van der Waals surface area contributed by atoms with Crippen LogP contribution in [0.15, 0.2) is 18.2 Å². The number of hydrogen-bond acceptors (Lipinski definition) is 2. The van der Waals surface area contributed by atoms with Gasteiger partial charge in [-0.1, -0.05) is 76.8 Å². The van der Waals surface area contributed by atoms with Crippen molar-refractivity contribution < 1.29 is 15.0 Å². The second-order valence-corrected chi connectivity index (χ2v) is 12.4. The molecule has 0 aromatic heterocycles. The molecule has 1 aromatic carbocycles. The third-order valence-electron chi connectivity index (χ3n) is 5.39. The van der Waals surface area contributed by atoms with Crippen LogP contribution in [0.25, 0.3) is 0 Å². The van der Waals surface area contributed by atoms with Gasteiger partial charge in [-0.15, -0.1) is 0 Å². The van der Waals surface area contributed by atoms with E-state index in [0.717, 1.165) is 0 Å². The summed E-state index contributed by atoms with van der Waals surface area (Å²) in [5, 5.41) is 19.5.